The smallest absolute Gasteiger partial charge is 0.327 e. The van der Waals surface area contributed by atoms with Crippen molar-refractivity contribution in [2.45, 2.75) is 13.1 Å². The lowest BCUT2D eigenvalue weighted by atomic mass is 10.2. The van der Waals surface area contributed by atoms with E-state index in [0.29, 0.717) is 23.5 Å². The molecule has 0 saturated carbocycles. The van der Waals surface area contributed by atoms with Crippen molar-refractivity contribution >= 4 is 23.2 Å². The molecule has 2 amide bonds. The van der Waals surface area contributed by atoms with E-state index in [-0.39, 0.29) is 0 Å². The maximum atomic E-state index is 12.6. The highest BCUT2D eigenvalue weighted by Gasteiger charge is 2.31. The van der Waals surface area contributed by atoms with Gasteiger partial charge in [-0.1, -0.05) is 18.2 Å². The number of carbonyl (C=O) groups excluding carboxylic acids is 2. The van der Waals surface area contributed by atoms with E-state index in [1.54, 1.807) is 31.2 Å². The zero-order valence-corrected chi connectivity index (χ0v) is 12.3. The van der Waals surface area contributed by atoms with Gasteiger partial charge in [-0.05, 0) is 24.6 Å². The maximum Gasteiger partial charge on any atom is 0.417 e. The minimum Gasteiger partial charge on any atom is -0.327 e. The van der Waals surface area contributed by atoms with Crippen LogP contribution >= 0.6 is 0 Å². The van der Waals surface area contributed by atoms with Crippen molar-refractivity contribution in [3.8, 4) is 0 Å². The van der Waals surface area contributed by atoms with E-state index in [1.807, 2.05) is 10.3 Å². The van der Waals surface area contributed by atoms with E-state index in [1.165, 1.54) is 0 Å². The molecule has 0 unspecified atom stereocenters. The van der Waals surface area contributed by atoms with Gasteiger partial charge >= 0.3 is 18.0 Å². The molecule has 3 N–H and O–H groups in total. The third-order valence-corrected chi connectivity index (χ3v) is 3.08. The second kappa shape index (κ2) is 6.57. The number of hydrogen-bond acceptors (Lipinski definition) is 3. The van der Waals surface area contributed by atoms with Crippen LogP contribution in [0.15, 0.2) is 41.3 Å². The van der Waals surface area contributed by atoms with E-state index in [0.717, 1.165) is 0 Å². The summed E-state index contributed by atoms with van der Waals surface area (Å²) in [4.78, 5) is 36.9. The van der Waals surface area contributed by atoms with Crippen molar-refractivity contribution in [2.24, 2.45) is 0 Å². The summed E-state index contributed by atoms with van der Waals surface area (Å²) in [6.45, 7) is 1.70. The first kappa shape index (κ1) is 17.3. The summed E-state index contributed by atoms with van der Waals surface area (Å²) in [6.07, 6.45) is -4.22. The number of alkyl halides is 3. The van der Waals surface area contributed by atoms with Crippen LogP contribution in [0, 0.1) is 6.92 Å². The molecule has 1 aromatic heterocycles. The number of pyridine rings is 1. The molecule has 6 nitrogen and oxygen atoms in total. The number of hydrogen-bond donors (Lipinski definition) is 3. The van der Waals surface area contributed by atoms with E-state index in [4.69, 9.17) is 0 Å². The molecule has 0 spiro atoms. The minimum absolute atomic E-state index is 0.371. The van der Waals surface area contributed by atoms with Crippen LogP contribution in [0.2, 0.25) is 0 Å². The van der Waals surface area contributed by atoms with Crippen LogP contribution in [0.4, 0.5) is 24.5 Å². The molecule has 0 bridgehead atoms. The number of carbonyl (C=O) groups is 2. The summed E-state index contributed by atoms with van der Waals surface area (Å²) in [7, 11) is 0. The number of aromatic nitrogens is 1. The summed E-state index contributed by atoms with van der Waals surface area (Å²) < 4.78 is 37.8. The summed E-state index contributed by atoms with van der Waals surface area (Å²) in [6, 6.07) is 7.08. The average Bonchev–Trinajstić information content (AvgIpc) is 2.50. The van der Waals surface area contributed by atoms with Gasteiger partial charge in [0.25, 0.3) is 5.56 Å². The Morgan fingerprint density at radius 1 is 1.04 bits per heavy atom. The normalized spacial score (nSPS) is 11.0. The standard InChI is InChI=1S/C15H12F3N3O3/c1-8-4-2-3-5-10(8)20-13(23)14(24)21-11-6-9(15(16,17)18)7-19-12(11)22/h2-7H,1H3,(H,19,22)(H,20,23)(H,21,24). The number of aryl methyl sites for hydroxylation is 1. The molecule has 24 heavy (non-hydrogen) atoms. The highest BCUT2D eigenvalue weighted by atomic mass is 19.4. The van der Waals surface area contributed by atoms with Crippen molar-refractivity contribution in [3.63, 3.8) is 0 Å². The molecule has 0 saturated heterocycles. The van der Waals surface area contributed by atoms with Gasteiger partial charge in [-0.15, -0.1) is 0 Å². The fraction of sp³-hybridized carbons (Fsp3) is 0.133. The molecule has 0 aliphatic rings. The zero-order valence-electron chi connectivity index (χ0n) is 12.3. The third kappa shape index (κ3) is 4.00. The lowest BCUT2D eigenvalue weighted by Gasteiger charge is -2.10. The summed E-state index contributed by atoms with van der Waals surface area (Å²) in [5.74, 6) is -2.37. The number of benzene rings is 1. The highest BCUT2D eigenvalue weighted by Crippen LogP contribution is 2.29. The molecule has 0 fully saturated rings. The Kier molecular flexibility index (Phi) is 4.72. The SMILES string of the molecule is Cc1ccccc1NC(=O)C(=O)Nc1cc(C(F)(F)F)c[nH]c1=O. The van der Waals surface area contributed by atoms with Crippen molar-refractivity contribution in [1.29, 1.82) is 0 Å². The fourth-order valence-electron chi connectivity index (χ4n) is 1.81. The van der Waals surface area contributed by atoms with Crippen molar-refractivity contribution in [1.82, 2.24) is 4.98 Å². The molecular weight excluding hydrogens is 327 g/mol. The van der Waals surface area contributed by atoms with E-state index in [2.05, 4.69) is 5.32 Å². The van der Waals surface area contributed by atoms with E-state index in [9.17, 15) is 27.6 Å². The summed E-state index contributed by atoms with van der Waals surface area (Å²) >= 11 is 0. The molecule has 0 radical (unpaired) electrons. The van der Waals surface area contributed by atoms with Crippen LogP contribution in [0.1, 0.15) is 11.1 Å². The topological polar surface area (TPSA) is 91.1 Å². The molecule has 1 heterocycles. The van der Waals surface area contributed by atoms with Crippen LogP contribution in [0.25, 0.3) is 0 Å². The van der Waals surface area contributed by atoms with Gasteiger partial charge in [0, 0.05) is 11.9 Å². The molecule has 9 heteroatoms. The molecule has 1 aromatic carbocycles. The Hall–Kier alpha value is -3.10. The second-order valence-corrected chi connectivity index (χ2v) is 4.85. The summed E-state index contributed by atoms with van der Waals surface area (Å²) in [5.41, 5.74) is -1.72. The van der Waals surface area contributed by atoms with Gasteiger partial charge in [-0.2, -0.15) is 13.2 Å². The van der Waals surface area contributed by atoms with Crippen molar-refractivity contribution < 1.29 is 22.8 Å². The Morgan fingerprint density at radius 3 is 2.21 bits per heavy atom. The van der Waals surface area contributed by atoms with Gasteiger partial charge in [0.15, 0.2) is 0 Å². The quantitative estimate of drug-likeness (QED) is 0.733. The number of nitrogens with one attached hydrogen (secondary N) is 3. The molecule has 2 rings (SSSR count). The highest BCUT2D eigenvalue weighted by molar-refractivity contribution is 6.43. The average molecular weight is 339 g/mol. The number of amides is 2. The molecule has 0 atom stereocenters. The van der Waals surface area contributed by atoms with Crippen molar-refractivity contribution in [2.75, 3.05) is 10.6 Å². The van der Waals surface area contributed by atoms with Gasteiger partial charge in [-0.3, -0.25) is 14.4 Å². The van der Waals surface area contributed by atoms with Crippen LogP contribution in [-0.4, -0.2) is 16.8 Å². The number of rotatable bonds is 2. The van der Waals surface area contributed by atoms with Gasteiger partial charge in [0.1, 0.15) is 5.69 Å². The lowest BCUT2D eigenvalue weighted by Crippen LogP contribution is -2.31. The lowest BCUT2D eigenvalue weighted by molar-refractivity contribution is -0.137. The van der Waals surface area contributed by atoms with Crippen LogP contribution in [0.5, 0.6) is 0 Å². The first-order valence-corrected chi connectivity index (χ1v) is 6.66. The van der Waals surface area contributed by atoms with Crippen LogP contribution in [0.3, 0.4) is 0 Å². The van der Waals surface area contributed by atoms with E-state index >= 15 is 0 Å². The molecular formula is C15H12F3N3O3. The largest absolute Gasteiger partial charge is 0.417 e. The second-order valence-electron chi connectivity index (χ2n) is 4.85. The first-order valence-electron chi connectivity index (χ1n) is 6.66. The summed E-state index contributed by atoms with van der Waals surface area (Å²) in [5, 5.41) is 4.18. The Morgan fingerprint density at radius 2 is 1.62 bits per heavy atom. The number of halogens is 3. The molecule has 0 aliphatic heterocycles. The Balaban J connectivity index is 2.16. The van der Waals surface area contributed by atoms with Gasteiger partial charge in [0.2, 0.25) is 0 Å². The zero-order chi connectivity index (χ0) is 17.9. The first-order chi connectivity index (χ1) is 11.2. The number of aromatic amines is 1. The fourth-order valence-corrected chi connectivity index (χ4v) is 1.81. The molecule has 0 aliphatic carbocycles. The van der Waals surface area contributed by atoms with Crippen LogP contribution in [-0.2, 0) is 15.8 Å². The van der Waals surface area contributed by atoms with Gasteiger partial charge in [-0.25, -0.2) is 0 Å². The number of H-pyrrole nitrogens is 1. The Labute approximate surface area is 133 Å². The monoisotopic (exact) mass is 339 g/mol. The van der Waals surface area contributed by atoms with E-state index < -0.39 is 34.8 Å². The molecule has 126 valence electrons. The number of anilines is 2. The Bertz CT molecular complexity index is 844. The van der Waals surface area contributed by atoms with Crippen molar-refractivity contribution in [3.05, 3.63) is 58.0 Å². The minimum atomic E-state index is -4.70. The predicted molar refractivity (Wildman–Crippen MR) is 80.5 cm³/mol. The maximum absolute atomic E-state index is 12.6. The predicted octanol–water partition coefficient (Wildman–Crippen LogP) is 2.28. The number of para-hydroxylation sites is 1. The van der Waals surface area contributed by atoms with Gasteiger partial charge < -0.3 is 15.6 Å². The van der Waals surface area contributed by atoms with Gasteiger partial charge in [0.05, 0.1) is 5.56 Å². The third-order valence-electron chi connectivity index (χ3n) is 3.08. The van der Waals surface area contributed by atoms with Crippen LogP contribution < -0.4 is 16.2 Å². The molecule has 2 aromatic rings.